The molecule has 2 amide bonds. The normalized spacial score (nSPS) is 19.5. The van der Waals surface area contributed by atoms with E-state index in [2.05, 4.69) is 16.3 Å². The number of hydrogen-bond donors (Lipinski definition) is 3. The third-order valence-electron chi connectivity index (χ3n) is 7.38. The molecule has 208 valence electrons. The Morgan fingerprint density at radius 1 is 1.28 bits per heavy atom. The minimum atomic E-state index is -1.83. The highest BCUT2D eigenvalue weighted by Gasteiger charge is 2.35. The van der Waals surface area contributed by atoms with Gasteiger partial charge in [0.2, 0.25) is 0 Å². The van der Waals surface area contributed by atoms with Crippen LogP contribution in [0.3, 0.4) is 0 Å². The molecule has 0 spiro atoms. The number of ether oxygens (including phenoxy) is 2. The van der Waals surface area contributed by atoms with Gasteiger partial charge in [-0.1, -0.05) is 18.2 Å². The topological polar surface area (TPSA) is 148 Å². The molecular formula is C27H35BN4O7. The lowest BCUT2D eigenvalue weighted by Crippen LogP contribution is -2.49. The first-order valence-electron chi connectivity index (χ1n) is 13.2. The number of likely N-dealkylation sites (tertiary alicyclic amines) is 1. The fraction of sp³-hybridized carbons (Fsp3) is 0.519. The third-order valence-corrected chi connectivity index (χ3v) is 7.38. The monoisotopic (exact) mass is 538 g/mol. The van der Waals surface area contributed by atoms with Gasteiger partial charge >= 0.3 is 13.2 Å². The third kappa shape index (κ3) is 6.99. The predicted octanol–water partition coefficient (Wildman–Crippen LogP) is 1.63. The number of rotatable bonds is 9. The highest BCUT2D eigenvalue weighted by molar-refractivity contribution is 6.43. The van der Waals surface area contributed by atoms with Crippen molar-refractivity contribution in [2.45, 2.75) is 50.6 Å². The number of para-hydroxylation sites is 1. The number of furan rings is 1. The number of morpholine rings is 1. The zero-order valence-corrected chi connectivity index (χ0v) is 22.3. The van der Waals surface area contributed by atoms with Crippen LogP contribution in [0.2, 0.25) is 0 Å². The van der Waals surface area contributed by atoms with Crippen molar-refractivity contribution in [1.82, 2.24) is 15.1 Å². The number of carbonyl (C=O) groups is 2. The van der Waals surface area contributed by atoms with Gasteiger partial charge in [0.1, 0.15) is 23.8 Å². The van der Waals surface area contributed by atoms with Crippen LogP contribution in [0.1, 0.15) is 32.3 Å². The van der Waals surface area contributed by atoms with Gasteiger partial charge in [-0.2, -0.15) is 5.26 Å². The highest BCUT2D eigenvalue weighted by atomic mass is 16.5. The number of amides is 2. The van der Waals surface area contributed by atoms with Crippen LogP contribution in [-0.2, 0) is 20.7 Å². The van der Waals surface area contributed by atoms with Gasteiger partial charge in [0.15, 0.2) is 0 Å². The van der Waals surface area contributed by atoms with Crippen LogP contribution in [0.15, 0.2) is 46.6 Å². The van der Waals surface area contributed by atoms with Crippen LogP contribution in [0.4, 0.5) is 4.79 Å². The summed E-state index contributed by atoms with van der Waals surface area (Å²) in [5.74, 6) is -1.42. The van der Waals surface area contributed by atoms with Gasteiger partial charge in [-0.15, -0.1) is 0 Å². The standard InChI is InChI=1S/C27H35BN4O7/c1-27(2,31-10-12-37-13-11-31)15-20(16-29)25(33)32-9-5-6-21(32)18-39-26(34)30-24(28(35)36)14-19-17-38-23-8-4-3-7-22(19)23/h3-4,7-8,15,17,21,24,35-36H,5-6,9-14,18H2,1-2H3,(H,30,34)/t21-,24+/m1/s1. The van der Waals surface area contributed by atoms with E-state index in [0.717, 1.165) is 11.8 Å². The first-order chi connectivity index (χ1) is 18.7. The zero-order chi connectivity index (χ0) is 28.0. The minimum absolute atomic E-state index is 0.0543. The number of carbonyl (C=O) groups excluding carboxylic acids is 2. The summed E-state index contributed by atoms with van der Waals surface area (Å²) in [6.45, 7) is 6.95. The average molecular weight is 538 g/mol. The number of nitrogens with zero attached hydrogens (tertiary/aromatic N) is 3. The Bertz CT molecular complexity index is 1230. The lowest BCUT2D eigenvalue weighted by molar-refractivity contribution is -0.128. The van der Waals surface area contributed by atoms with E-state index in [1.54, 1.807) is 17.0 Å². The molecule has 12 heteroatoms. The molecule has 2 aromatic rings. The van der Waals surface area contributed by atoms with Gasteiger partial charge in [0.25, 0.3) is 5.91 Å². The van der Waals surface area contributed by atoms with E-state index < -0.39 is 24.7 Å². The Morgan fingerprint density at radius 3 is 2.74 bits per heavy atom. The molecule has 2 atom stereocenters. The highest BCUT2D eigenvalue weighted by Crippen LogP contribution is 2.25. The maximum absolute atomic E-state index is 13.3. The minimum Gasteiger partial charge on any atom is -0.464 e. The fourth-order valence-electron chi connectivity index (χ4n) is 5.18. The smallest absolute Gasteiger partial charge is 0.464 e. The summed E-state index contributed by atoms with van der Waals surface area (Å²) in [5, 5.41) is 32.8. The van der Waals surface area contributed by atoms with Crippen LogP contribution in [0, 0.1) is 11.3 Å². The van der Waals surface area contributed by atoms with Crippen molar-refractivity contribution in [3.05, 3.63) is 47.7 Å². The number of benzene rings is 1. The molecule has 3 heterocycles. The predicted molar refractivity (Wildman–Crippen MR) is 143 cm³/mol. The molecule has 2 saturated heterocycles. The molecule has 1 aromatic carbocycles. The Kier molecular flexibility index (Phi) is 9.30. The Morgan fingerprint density at radius 2 is 2.03 bits per heavy atom. The Hall–Kier alpha value is -3.37. The molecule has 2 aliphatic rings. The second kappa shape index (κ2) is 12.7. The largest absolute Gasteiger partial charge is 0.475 e. The second-order valence-corrected chi connectivity index (χ2v) is 10.4. The van der Waals surface area contributed by atoms with Crippen molar-refractivity contribution in [1.29, 1.82) is 5.26 Å². The summed E-state index contributed by atoms with van der Waals surface area (Å²) >= 11 is 0. The molecule has 0 saturated carbocycles. The van der Waals surface area contributed by atoms with Crippen molar-refractivity contribution in [2.24, 2.45) is 0 Å². The molecule has 0 unspecified atom stereocenters. The molecule has 0 bridgehead atoms. The van der Waals surface area contributed by atoms with E-state index in [4.69, 9.17) is 13.9 Å². The maximum Gasteiger partial charge on any atom is 0.475 e. The van der Waals surface area contributed by atoms with E-state index in [1.807, 2.05) is 32.0 Å². The van der Waals surface area contributed by atoms with Crippen molar-refractivity contribution < 1.29 is 33.5 Å². The molecule has 3 N–H and O–H groups in total. The van der Waals surface area contributed by atoms with Gasteiger partial charge in [0, 0.05) is 30.6 Å². The van der Waals surface area contributed by atoms with Gasteiger partial charge in [-0.25, -0.2) is 4.79 Å². The van der Waals surface area contributed by atoms with Crippen LogP contribution >= 0.6 is 0 Å². The van der Waals surface area contributed by atoms with Gasteiger partial charge in [-0.3, -0.25) is 9.69 Å². The summed E-state index contributed by atoms with van der Waals surface area (Å²) in [5.41, 5.74) is 0.925. The van der Waals surface area contributed by atoms with E-state index in [0.29, 0.717) is 50.4 Å². The first kappa shape index (κ1) is 28.6. The van der Waals surface area contributed by atoms with E-state index in [9.17, 15) is 24.9 Å². The number of hydrogen-bond acceptors (Lipinski definition) is 9. The van der Waals surface area contributed by atoms with E-state index >= 15 is 0 Å². The molecule has 11 nitrogen and oxygen atoms in total. The van der Waals surface area contributed by atoms with Crippen molar-refractivity contribution in [3.8, 4) is 6.07 Å². The molecule has 0 aliphatic carbocycles. The van der Waals surface area contributed by atoms with Crippen molar-refractivity contribution in [3.63, 3.8) is 0 Å². The van der Waals surface area contributed by atoms with E-state index in [1.165, 1.54) is 6.26 Å². The van der Waals surface area contributed by atoms with Gasteiger partial charge in [-0.05, 0) is 50.8 Å². The maximum atomic E-state index is 13.3. The molecular weight excluding hydrogens is 503 g/mol. The molecule has 2 fully saturated rings. The Balaban J connectivity index is 1.35. The molecule has 2 aliphatic heterocycles. The van der Waals surface area contributed by atoms with Gasteiger partial charge < -0.3 is 34.2 Å². The Labute approximate surface area is 228 Å². The zero-order valence-electron chi connectivity index (χ0n) is 22.3. The van der Waals surface area contributed by atoms with E-state index in [-0.39, 0.29) is 30.5 Å². The summed E-state index contributed by atoms with van der Waals surface area (Å²) in [6.07, 6.45) is 3.86. The van der Waals surface area contributed by atoms with Crippen LogP contribution in [0.25, 0.3) is 11.0 Å². The molecule has 4 rings (SSSR count). The molecule has 0 radical (unpaired) electrons. The molecule has 1 aromatic heterocycles. The first-order valence-corrected chi connectivity index (χ1v) is 13.2. The molecule has 39 heavy (non-hydrogen) atoms. The number of nitrogens with one attached hydrogen (secondary N) is 1. The van der Waals surface area contributed by atoms with Crippen molar-refractivity contribution >= 4 is 30.1 Å². The number of nitriles is 1. The van der Waals surface area contributed by atoms with Crippen molar-refractivity contribution in [2.75, 3.05) is 39.5 Å². The SMILES string of the molecule is CC(C)(C=C(C#N)C(=O)N1CCC[C@@H]1COC(=O)N[C@@H](Cc1coc2ccccc12)B(O)O)N1CCOCC1. The number of alkyl carbamates (subject to hydrolysis) is 1. The summed E-state index contributed by atoms with van der Waals surface area (Å²) in [4.78, 5) is 29.6. The van der Waals surface area contributed by atoms with Crippen LogP contribution < -0.4 is 5.32 Å². The average Bonchev–Trinajstić information content (AvgIpc) is 3.57. The van der Waals surface area contributed by atoms with Crippen LogP contribution in [0.5, 0.6) is 0 Å². The lowest BCUT2D eigenvalue weighted by Gasteiger charge is -2.39. The van der Waals surface area contributed by atoms with Crippen LogP contribution in [-0.4, -0.2) is 95.9 Å². The second-order valence-electron chi connectivity index (χ2n) is 10.4. The van der Waals surface area contributed by atoms with Gasteiger partial charge in [0.05, 0.1) is 31.5 Å². The summed E-state index contributed by atoms with van der Waals surface area (Å²) in [7, 11) is -1.83. The summed E-state index contributed by atoms with van der Waals surface area (Å²) in [6, 6.07) is 9.01. The quantitative estimate of drug-likeness (QED) is 0.246. The number of fused-ring (bicyclic) bond motifs is 1. The summed E-state index contributed by atoms with van der Waals surface area (Å²) < 4.78 is 16.3. The lowest BCUT2D eigenvalue weighted by atomic mass is 9.76. The fourth-order valence-corrected chi connectivity index (χ4v) is 5.18.